The van der Waals surface area contributed by atoms with Crippen molar-refractivity contribution in [3.8, 4) is 0 Å². The van der Waals surface area contributed by atoms with Gasteiger partial charge in [0.15, 0.2) is 0 Å². The summed E-state index contributed by atoms with van der Waals surface area (Å²) >= 11 is 0. The van der Waals surface area contributed by atoms with Gasteiger partial charge < -0.3 is 0 Å². The molecule has 0 aliphatic heterocycles. The molecule has 1 nitrogen and oxygen atoms in total. The Hall–Kier alpha value is -1.51. The van der Waals surface area contributed by atoms with E-state index in [4.69, 9.17) is 0 Å². The predicted molar refractivity (Wildman–Crippen MR) is 51.3 cm³/mol. The molecule has 0 heterocycles. The second-order valence-electron chi connectivity index (χ2n) is 5.62. The van der Waals surface area contributed by atoms with Crippen LogP contribution in [0, 0.1) is 0 Å². The molecule has 0 aromatic rings. The van der Waals surface area contributed by atoms with Gasteiger partial charge in [0.05, 0.1) is 0 Å². The molecule has 193 valence electrons. The maximum absolute atomic E-state index is 13.2. The average molecular weight is 535 g/mol. The largest absolute Gasteiger partial charge is 0.460 e. The number of halogens is 21. The summed E-state index contributed by atoms with van der Waals surface area (Å²) in [6.07, 6.45) is -24.7. The van der Waals surface area contributed by atoms with Crippen LogP contribution >= 0.6 is 0 Å². The molecule has 0 atom stereocenters. The molecule has 22 heteroatoms. The molecule has 0 unspecified atom stereocenters. The fourth-order valence-corrected chi connectivity index (χ4v) is 1.70. The van der Waals surface area contributed by atoms with E-state index in [1.807, 2.05) is 0 Å². The lowest BCUT2D eigenvalue weighted by Crippen LogP contribution is -2.79. The summed E-state index contributed by atoms with van der Waals surface area (Å²) in [6.45, 7) is 0. The standard InChI is InChI=1S/C10F21O/c11-2(12,1(32,8(23,24)25)9(26,27)28)3(13,14)4(15,16)5(17,18)6(19,20)7(21,22)10(29,30)31. The molecule has 0 rings (SSSR count). The van der Waals surface area contributed by atoms with Gasteiger partial charge in [0.25, 0.3) is 0 Å². The fraction of sp³-hybridized carbons (Fsp3) is 1.00. The quantitative estimate of drug-likeness (QED) is 0.340. The van der Waals surface area contributed by atoms with Crippen molar-refractivity contribution in [3.63, 3.8) is 0 Å². The lowest BCUT2D eigenvalue weighted by molar-refractivity contribution is -0.499. The number of hydrogen-bond donors (Lipinski definition) is 0. The van der Waals surface area contributed by atoms with Crippen molar-refractivity contribution in [1.82, 2.24) is 0 Å². The number of rotatable bonds is 6. The maximum atomic E-state index is 13.2. The van der Waals surface area contributed by atoms with Gasteiger partial charge in [-0.25, -0.2) is 5.11 Å². The van der Waals surface area contributed by atoms with E-state index < -0.39 is 59.7 Å². The molecular formula is C10F21O. The Kier molecular flexibility index (Phi) is 6.67. The van der Waals surface area contributed by atoms with Crippen LogP contribution in [0.1, 0.15) is 0 Å². The molecular weight excluding hydrogens is 535 g/mol. The van der Waals surface area contributed by atoms with Crippen molar-refractivity contribution in [3.05, 3.63) is 0 Å². The Morgan fingerprint density at radius 2 is 0.438 bits per heavy atom. The van der Waals surface area contributed by atoms with Gasteiger partial charge in [-0.1, -0.05) is 0 Å². The van der Waals surface area contributed by atoms with E-state index >= 15 is 0 Å². The van der Waals surface area contributed by atoms with Crippen LogP contribution in [0.2, 0.25) is 0 Å². The molecule has 0 N–H and O–H groups in total. The van der Waals surface area contributed by atoms with Crippen LogP contribution in [-0.2, 0) is 5.11 Å². The van der Waals surface area contributed by atoms with Crippen molar-refractivity contribution >= 4 is 0 Å². The highest BCUT2D eigenvalue weighted by Crippen LogP contribution is 2.66. The SMILES string of the molecule is [O]C(C(F)(F)F)(C(F)(F)F)C(F)(F)C(F)(F)C(F)(F)C(F)(F)C(F)(F)C(F)(F)C(F)(F)F. The third-order valence-corrected chi connectivity index (χ3v) is 3.57. The van der Waals surface area contributed by atoms with Crippen molar-refractivity contribution in [2.24, 2.45) is 0 Å². The van der Waals surface area contributed by atoms with Crippen molar-refractivity contribution in [2.45, 2.75) is 59.7 Å². The van der Waals surface area contributed by atoms with Crippen molar-refractivity contribution < 1.29 is 97.3 Å². The molecule has 0 bridgehead atoms. The Bertz CT molecular complexity index is 675. The number of hydrogen-bond acceptors (Lipinski definition) is 0. The van der Waals surface area contributed by atoms with E-state index in [1.165, 1.54) is 0 Å². The summed E-state index contributed by atoms with van der Waals surface area (Å²) in [6, 6.07) is 0. The van der Waals surface area contributed by atoms with Crippen LogP contribution in [0.4, 0.5) is 92.2 Å². The van der Waals surface area contributed by atoms with Gasteiger partial charge in [0.1, 0.15) is 0 Å². The van der Waals surface area contributed by atoms with E-state index in [2.05, 4.69) is 0 Å². The summed E-state index contributed by atoms with van der Waals surface area (Å²) in [4.78, 5) is 0. The van der Waals surface area contributed by atoms with Gasteiger partial charge in [-0.2, -0.15) is 92.2 Å². The highest BCUT2D eigenvalue weighted by atomic mass is 19.4. The Balaban J connectivity index is 7.19. The molecule has 0 aliphatic rings. The van der Waals surface area contributed by atoms with Crippen LogP contribution < -0.4 is 0 Å². The zero-order valence-corrected chi connectivity index (χ0v) is 13.3. The van der Waals surface area contributed by atoms with E-state index in [0.29, 0.717) is 0 Å². The van der Waals surface area contributed by atoms with Crippen LogP contribution in [-0.4, -0.2) is 59.7 Å². The number of alkyl halides is 21. The molecule has 32 heavy (non-hydrogen) atoms. The Morgan fingerprint density at radius 1 is 0.250 bits per heavy atom. The highest BCUT2D eigenvalue weighted by Gasteiger charge is 2.99. The van der Waals surface area contributed by atoms with Gasteiger partial charge in [-0.05, 0) is 0 Å². The third-order valence-electron chi connectivity index (χ3n) is 3.57. The lowest BCUT2D eigenvalue weighted by Gasteiger charge is -2.45. The smallest absolute Gasteiger partial charge is 0.202 e. The zero-order chi connectivity index (χ0) is 27.0. The van der Waals surface area contributed by atoms with Gasteiger partial charge in [-0.3, -0.25) is 0 Å². The lowest BCUT2D eigenvalue weighted by atomic mass is 9.82. The summed E-state index contributed by atoms with van der Waals surface area (Å²) in [5, 5.41) is 10.6. The Labute approximate surface area is 158 Å². The van der Waals surface area contributed by atoms with Crippen molar-refractivity contribution in [2.75, 3.05) is 0 Å². The molecule has 0 aliphatic carbocycles. The minimum absolute atomic E-state index is 8.03. The molecule has 0 saturated carbocycles. The summed E-state index contributed by atoms with van der Waals surface area (Å²) < 4.78 is 264. The first-order valence-corrected chi connectivity index (χ1v) is 6.42. The monoisotopic (exact) mass is 535 g/mol. The topological polar surface area (TPSA) is 19.9 Å². The zero-order valence-electron chi connectivity index (χ0n) is 13.3. The minimum Gasteiger partial charge on any atom is -0.202 e. The van der Waals surface area contributed by atoms with E-state index in [-0.39, 0.29) is 0 Å². The van der Waals surface area contributed by atoms with Crippen LogP contribution in [0.3, 0.4) is 0 Å². The first kappa shape index (κ1) is 30.5. The molecule has 0 saturated heterocycles. The minimum atomic E-state index is -9.28. The highest BCUT2D eigenvalue weighted by molar-refractivity contribution is 5.19. The van der Waals surface area contributed by atoms with E-state index in [0.717, 1.165) is 0 Å². The second-order valence-corrected chi connectivity index (χ2v) is 5.62. The first-order chi connectivity index (χ1) is 13.2. The molecule has 0 amide bonds. The third kappa shape index (κ3) is 3.41. The second kappa shape index (κ2) is 7.00. The average Bonchev–Trinajstić information content (AvgIpc) is 2.49. The van der Waals surface area contributed by atoms with Crippen LogP contribution in [0.15, 0.2) is 0 Å². The van der Waals surface area contributed by atoms with E-state index in [9.17, 15) is 97.3 Å². The summed E-state index contributed by atoms with van der Waals surface area (Å²) in [5.74, 6) is -54.2. The molecule has 0 aromatic heterocycles. The molecule has 1 radical (unpaired) electrons. The van der Waals surface area contributed by atoms with Gasteiger partial charge in [0.2, 0.25) is 0 Å². The summed E-state index contributed by atoms with van der Waals surface area (Å²) in [5.41, 5.74) is -8.68. The molecule has 0 aromatic carbocycles. The molecule has 0 fully saturated rings. The van der Waals surface area contributed by atoms with Crippen LogP contribution in [0.25, 0.3) is 0 Å². The van der Waals surface area contributed by atoms with Gasteiger partial charge >= 0.3 is 59.7 Å². The van der Waals surface area contributed by atoms with Gasteiger partial charge in [0, 0.05) is 0 Å². The first-order valence-electron chi connectivity index (χ1n) is 6.42. The normalized spacial score (nSPS) is 17.1. The van der Waals surface area contributed by atoms with Gasteiger partial charge in [-0.15, -0.1) is 0 Å². The predicted octanol–water partition coefficient (Wildman–Crippen LogP) is 6.65. The summed E-state index contributed by atoms with van der Waals surface area (Å²) in [7, 11) is 0. The van der Waals surface area contributed by atoms with Crippen molar-refractivity contribution in [1.29, 1.82) is 0 Å². The van der Waals surface area contributed by atoms with Crippen LogP contribution in [0.5, 0.6) is 0 Å². The maximum Gasteiger partial charge on any atom is 0.460 e. The molecule has 0 spiro atoms. The Morgan fingerprint density at radius 3 is 0.625 bits per heavy atom. The fourth-order valence-electron chi connectivity index (χ4n) is 1.70. The van der Waals surface area contributed by atoms with E-state index in [1.54, 1.807) is 0 Å².